The van der Waals surface area contributed by atoms with Crippen molar-refractivity contribution in [2.24, 2.45) is 0 Å². The van der Waals surface area contributed by atoms with Crippen LogP contribution >= 0.6 is 11.3 Å². The van der Waals surface area contributed by atoms with Crippen molar-refractivity contribution in [2.75, 3.05) is 26.4 Å². The van der Waals surface area contributed by atoms with Gasteiger partial charge in [-0.2, -0.15) is 5.26 Å². The van der Waals surface area contributed by atoms with Crippen molar-refractivity contribution >= 4 is 51.9 Å². The van der Waals surface area contributed by atoms with Gasteiger partial charge in [-0.1, -0.05) is 30.3 Å². The van der Waals surface area contributed by atoms with Crippen LogP contribution in [0.1, 0.15) is 56.8 Å². The lowest BCUT2D eigenvalue weighted by Gasteiger charge is -2.12. The molecule has 0 amide bonds. The molecule has 40 heavy (non-hydrogen) atoms. The quantitative estimate of drug-likeness (QED) is 0.126. The number of nitriles is 1. The summed E-state index contributed by atoms with van der Waals surface area (Å²) in [4.78, 5) is 51.0. The van der Waals surface area contributed by atoms with E-state index in [1.54, 1.807) is 45.9 Å². The van der Waals surface area contributed by atoms with Gasteiger partial charge in [0.2, 0.25) is 0 Å². The monoisotopic (exact) mass is 563 g/mol. The first-order valence-electron chi connectivity index (χ1n) is 12.7. The topological polar surface area (TPSA) is 129 Å². The molecule has 0 saturated heterocycles. The minimum Gasteiger partial charge on any atom is -0.481 e. The minimum atomic E-state index is -0.666. The molecule has 1 heterocycles. The third kappa shape index (κ3) is 6.93. The molecule has 0 spiro atoms. The highest BCUT2D eigenvalue weighted by atomic mass is 32.1. The van der Waals surface area contributed by atoms with Crippen LogP contribution in [-0.2, 0) is 30.2 Å². The van der Waals surface area contributed by atoms with Gasteiger partial charge in [-0.25, -0.2) is 14.4 Å². The fraction of sp³-hybridized carbons (Fsp3) is 0.300. The number of esters is 3. The number of fused-ring (bicyclic) bond motifs is 1. The van der Waals surface area contributed by atoms with E-state index in [0.29, 0.717) is 21.4 Å². The van der Waals surface area contributed by atoms with Crippen molar-refractivity contribution in [1.29, 1.82) is 5.26 Å². The van der Waals surface area contributed by atoms with Gasteiger partial charge in [0.25, 0.3) is 0 Å². The third-order valence-corrected chi connectivity index (χ3v) is 7.04. The van der Waals surface area contributed by atoms with Gasteiger partial charge < -0.3 is 18.9 Å². The second kappa shape index (κ2) is 14.1. The Balaban J connectivity index is 2.04. The normalized spacial score (nSPS) is 11.0. The molecule has 2 aromatic carbocycles. The summed E-state index contributed by atoms with van der Waals surface area (Å²) in [6, 6.07) is 12.7. The lowest BCUT2D eigenvalue weighted by atomic mass is 9.98. The standard InChI is InChI=1S/C30H29NO8S/c1-5-36-26(33)17-39-24-13-12-19-10-8-9-11-21(19)22(24)14-20(16-31)23(32)15-25-27(29(34)37-6-2)18(4)28(40-25)30(35)38-7-3/h8-14H,5-7,15,17H2,1-4H3/b20-14+. The van der Waals surface area contributed by atoms with Crippen LogP contribution in [0, 0.1) is 18.3 Å². The molecular weight excluding hydrogens is 534 g/mol. The molecule has 0 aliphatic heterocycles. The largest absolute Gasteiger partial charge is 0.481 e. The number of thiophene rings is 1. The van der Waals surface area contributed by atoms with Gasteiger partial charge in [-0.3, -0.25) is 4.79 Å². The number of ether oxygens (including phenoxy) is 4. The van der Waals surface area contributed by atoms with Crippen LogP contribution in [-0.4, -0.2) is 50.1 Å². The summed E-state index contributed by atoms with van der Waals surface area (Å²) in [5, 5.41) is 11.5. The van der Waals surface area contributed by atoms with Gasteiger partial charge in [-0.05, 0) is 56.2 Å². The first-order valence-corrected chi connectivity index (χ1v) is 13.5. The summed E-state index contributed by atoms with van der Waals surface area (Å²) in [7, 11) is 0. The molecule has 3 aromatic rings. The van der Waals surface area contributed by atoms with Crippen molar-refractivity contribution < 1.29 is 38.1 Å². The highest BCUT2D eigenvalue weighted by molar-refractivity contribution is 7.14. The average molecular weight is 564 g/mol. The Labute approximate surface area is 235 Å². The molecule has 0 radical (unpaired) electrons. The van der Waals surface area contributed by atoms with Crippen molar-refractivity contribution in [1.82, 2.24) is 0 Å². The number of nitrogens with zero attached hydrogens (tertiary/aromatic N) is 1. The number of Topliss-reactive ketones (excluding diaryl/α,β-unsaturated/α-hetero) is 1. The predicted molar refractivity (Wildman–Crippen MR) is 149 cm³/mol. The molecule has 0 aliphatic rings. The van der Waals surface area contributed by atoms with Gasteiger partial charge in [0.15, 0.2) is 12.4 Å². The van der Waals surface area contributed by atoms with Crippen molar-refractivity contribution in [3.05, 3.63) is 68.4 Å². The van der Waals surface area contributed by atoms with Crippen LogP contribution in [0.5, 0.6) is 5.75 Å². The Morgan fingerprint density at radius 2 is 1.60 bits per heavy atom. The van der Waals surface area contributed by atoms with Crippen LogP contribution in [0.2, 0.25) is 0 Å². The van der Waals surface area contributed by atoms with Crippen LogP contribution < -0.4 is 4.74 Å². The molecule has 208 valence electrons. The number of ketones is 1. The minimum absolute atomic E-state index is 0.106. The Morgan fingerprint density at radius 3 is 2.27 bits per heavy atom. The maximum Gasteiger partial charge on any atom is 0.348 e. The van der Waals surface area contributed by atoms with Gasteiger partial charge in [0.05, 0.1) is 31.0 Å². The number of hydrogen-bond donors (Lipinski definition) is 0. The molecule has 3 rings (SSSR count). The van der Waals surface area contributed by atoms with E-state index in [-0.39, 0.29) is 54.6 Å². The lowest BCUT2D eigenvalue weighted by Crippen LogP contribution is -2.15. The molecule has 0 saturated carbocycles. The molecule has 0 atom stereocenters. The van der Waals surface area contributed by atoms with Crippen molar-refractivity contribution in [3.8, 4) is 11.8 Å². The zero-order valence-corrected chi connectivity index (χ0v) is 23.5. The smallest absolute Gasteiger partial charge is 0.348 e. The maximum absolute atomic E-state index is 13.4. The number of allylic oxidation sites excluding steroid dienone is 1. The van der Waals surface area contributed by atoms with E-state index in [1.807, 2.05) is 24.3 Å². The number of carbonyl (C=O) groups excluding carboxylic acids is 4. The summed E-state index contributed by atoms with van der Waals surface area (Å²) in [5.41, 5.74) is 0.712. The summed E-state index contributed by atoms with van der Waals surface area (Å²) in [5.74, 6) is -2.12. The fourth-order valence-corrected chi connectivity index (χ4v) is 5.20. The second-order valence-electron chi connectivity index (χ2n) is 8.36. The van der Waals surface area contributed by atoms with E-state index in [1.165, 1.54) is 6.08 Å². The number of rotatable bonds is 12. The molecule has 0 aliphatic carbocycles. The Morgan fingerprint density at radius 1 is 0.925 bits per heavy atom. The zero-order valence-electron chi connectivity index (χ0n) is 22.7. The van der Waals surface area contributed by atoms with Crippen molar-refractivity contribution in [2.45, 2.75) is 34.1 Å². The summed E-state index contributed by atoms with van der Waals surface area (Å²) in [6.45, 7) is 6.70. The summed E-state index contributed by atoms with van der Waals surface area (Å²) >= 11 is 0.964. The Kier molecular flexibility index (Phi) is 10.6. The summed E-state index contributed by atoms with van der Waals surface area (Å²) in [6.07, 6.45) is 1.09. The Bertz CT molecular complexity index is 1510. The van der Waals surface area contributed by atoms with Crippen LogP contribution in [0.15, 0.2) is 42.0 Å². The molecule has 9 nitrogen and oxygen atoms in total. The van der Waals surface area contributed by atoms with Gasteiger partial charge >= 0.3 is 17.9 Å². The maximum atomic E-state index is 13.4. The van der Waals surface area contributed by atoms with E-state index in [9.17, 15) is 24.4 Å². The summed E-state index contributed by atoms with van der Waals surface area (Å²) < 4.78 is 20.9. The second-order valence-corrected chi connectivity index (χ2v) is 9.46. The first-order chi connectivity index (χ1) is 19.2. The molecule has 1 aromatic heterocycles. The zero-order chi connectivity index (χ0) is 29.2. The molecule has 0 N–H and O–H groups in total. The van der Waals surface area contributed by atoms with E-state index >= 15 is 0 Å². The number of hydrogen-bond acceptors (Lipinski definition) is 10. The van der Waals surface area contributed by atoms with Gasteiger partial charge in [-0.15, -0.1) is 11.3 Å². The van der Waals surface area contributed by atoms with Crippen LogP contribution in [0.4, 0.5) is 0 Å². The van der Waals surface area contributed by atoms with E-state index in [2.05, 4.69) is 0 Å². The number of benzene rings is 2. The molecule has 10 heteroatoms. The van der Waals surface area contributed by atoms with E-state index in [4.69, 9.17) is 18.9 Å². The molecular formula is C30H29NO8S. The van der Waals surface area contributed by atoms with Gasteiger partial charge in [0.1, 0.15) is 16.7 Å². The SMILES string of the molecule is CCOC(=O)COc1ccc2ccccc2c1/C=C(\C#N)C(=O)Cc1sc(C(=O)OCC)c(C)c1C(=O)OCC. The molecule has 0 bridgehead atoms. The molecule has 0 fully saturated rings. The first kappa shape index (κ1) is 30.1. The van der Waals surface area contributed by atoms with Crippen LogP contribution in [0.3, 0.4) is 0 Å². The van der Waals surface area contributed by atoms with Crippen LogP contribution in [0.25, 0.3) is 16.8 Å². The van der Waals surface area contributed by atoms with Crippen molar-refractivity contribution in [3.63, 3.8) is 0 Å². The lowest BCUT2D eigenvalue weighted by molar-refractivity contribution is -0.145. The fourth-order valence-electron chi connectivity index (χ4n) is 4.01. The predicted octanol–water partition coefficient (Wildman–Crippen LogP) is 5.22. The highest BCUT2D eigenvalue weighted by Gasteiger charge is 2.28. The third-order valence-electron chi connectivity index (χ3n) is 5.77. The highest BCUT2D eigenvalue weighted by Crippen LogP contribution is 2.33. The molecule has 0 unspecified atom stereocenters. The van der Waals surface area contributed by atoms with E-state index in [0.717, 1.165) is 16.7 Å². The van der Waals surface area contributed by atoms with E-state index < -0.39 is 23.7 Å². The average Bonchev–Trinajstić information content (AvgIpc) is 3.26. The number of carbonyl (C=O) groups is 4. The van der Waals surface area contributed by atoms with Gasteiger partial charge in [0, 0.05) is 16.9 Å². The Hall–Kier alpha value is -4.49.